The summed E-state index contributed by atoms with van der Waals surface area (Å²) in [5, 5.41) is 0. The van der Waals surface area contributed by atoms with Crippen molar-refractivity contribution in [1.82, 2.24) is 15.0 Å². The zero-order valence-electron chi connectivity index (χ0n) is 26.8. The summed E-state index contributed by atoms with van der Waals surface area (Å²) in [5.74, 6) is 2.10. The lowest BCUT2D eigenvalue weighted by atomic mass is 9.54. The predicted molar refractivity (Wildman–Crippen MR) is 185 cm³/mol. The number of nitrogens with zero attached hydrogens (tertiary/aromatic N) is 3. The number of aromatic nitrogens is 3. The fourth-order valence-corrected chi connectivity index (χ4v) is 7.82. The molecule has 0 N–H and O–H groups in total. The van der Waals surface area contributed by atoms with E-state index >= 15 is 0 Å². The molecule has 0 spiro atoms. The van der Waals surface area contributed by atoms with Gasteiger partial charge in [-0.1, -0.05) is 157 Å². The highest BCUT2D eigenvalue weighted by Gasteiger charge is 2.47. The Kier molecular flexibility index (Phi) is 5.87. The third-order valence-electron chi connectivity index (χ3n) is 10.9. The first kappa shape index (κ1) is 27.6. The molecular weight excluding hydrogens is 546 g/mol. The second-order valence-electron chi connectivity index (χ2n) is 14.1. The molecule has 0 radical (unpaired) electrons. The molecule has 1 aromatic heterocycles. The average molecular weight is 584 g/mol. The van der Waals surface area contributed by atoms with Gasteiger partial charge in [0.2, 0.25) is 0 Å². The molecule has 0 aliphatic heterocycles. The highest BCUT2D eigenvalue weighted by atomic mass is 15.0. The van der Waals surface area contributed by atoms with Crippen LogP contribution in [0.2, 0.25) is 0 Å². The van der Waals surface area contributed by atoms with E-state index in [2.05, 4.69) is 139 Å². The summed E-state index contributed by atoms with van der Waals surface area (Å²) in [6.45, 7) is 14.1. The summed E-state index contributed by atoms with van der Waals surface area (Å²) >= 11 is 0. The van der Waals surface area contributed by atoms with E-state index in [4.69, 9.17) is 15.0 Å². The SMILES string of the molecule is CC1(C)c2ccccc2-c2c(-c3nc(-c4ccccc4)nc(-c4cccc5c4C(C)(C)C(C)(C)c4ccccc4-5)n3)cccc21. The summed E-state index contributed by atoms with van der Waals surface area (Å²) in [4.78, 5) is 15.8. The van der Waals surface area contributed by atoms with Crippen molar-refractivity contribution < 1.29 is 0 Å². The molecular formula is C42H37N3. The van der Waals surface area contributed by atoms with E-state index < -0.39 is 0 Å². The van der Waals surface area contributed by atoms with Crippen LogP contribution in [0.3, 0.4) is 0 Å². The van der Waals surface area contributed by atoms with E-state index in [1.165, 1.54) is 44.5 Å². The maximum atomic E-state index is 5.35. The Balaban J connectivity index is 1.43. The van der Waals surface area contributed by atoms with Crippen LogP contribution in [0.15, 0.2) is 115 Å². The van der Waals surface area contributed by atoms with E-state index in [0.717, 1.165) is 16.7 Å². The molecule has 2 aliphatic rings. The number of hydrogen-bond acceptors (Lipinski definition) is 3. The minimum atomic E-state index is -0.191. The molecule has 3 heteroatoms. The molecule has 1 heterocycles. The molecule has 5 aromatic carbocycles. The molecule has 0 saturated carbocycles. The van der Waals surface area contributed by atoms with E-state index in [1.807, 2.05) is 18.2 Å². The minimum Gasteiger partial charge on any atom is -0.208 e. The Hall–Kier alpha value is -4.89. The molecule has 0 bridgehead atoms. The quantitative estimate of drug-likeness (QED) is 0.208. The molecule has 3 nitrogen and oxygen atoms in total. The summed E-state index contributed by atoms with van der Waals surface area (Å²) in [6, 6.07) is 41.1. The highest BCUT2D eigenvalue weighted by molar-refractivity contribution is 5.91. The average Bonchev–Trinajstić information content (AvgIpc) is 3.30. The van der Waals surface area contributed by atoms with Crippen molar-refractivity contribution in [3.8, 4) is 56.4 Å². The van der Waals surface area contributed by atoms with Gasteiger partial charge in [0.15, 0.2) is 17.5 Å². The predicted octanol–water partition coefficient (Wildman–Crippen LogP) is 10.4. The van der Waals surface area contributed by atoms with Crippen LogP contribution >= 0.6 is 0 Å². The van der Waals surface area contributed by atoms with Crippen LogP contribution < -0.4 is 0 Å². The third-order valence-corrected chi connectivity index (χ3v) is 10.9. The van der Waals surface area contributed by atoms with Gasteiger partial charge in [-0.2, -0.15) is 0 Å². The third kappa shape index (κ3) is 3.86. The lowest BCUT2D eigenvalue weighted by Crippen LogP contribution is -2.44. The van der Waals surface area contributed by atoms with Crippen molar-refractivity contribution in [2.24, 2.45) is 0 Å². The lowest BCUT2D eigenvalue weighted by molar-refractivity contribution is 0.300. The van der Waals surface area contributed by atoms with Crippen LogP contribution in [0.4, 0.5) is 0 Å². The summed E-state index contributed by atoms with van der Waals surface area (Å²) in [5.41, 5.74) is 13.0. The van der Waals surface area contributed by atoms with E-state index in [-0.39, 0.29) is 16.2 Å². The first-order valence-electron chi connectivity index (χ1n) is 15.9. The van der Waals surface area contributed by atoms with Crippen molar-refractivity contribution in [2.45, 2.75) is 57.8 Å². The smallest absolute Gasteiger partial charge is 0.164 e. The molecule has 2 aliphatic carbocycles. The summed E-state index contributed by atoms with van der Waals surface area (Å²) < 4.78 is 0. The van der Waals surface area contributed by atoms with Crippen molar-refractivity contribution in [1.29, 1.82) is 0 Å². The first-order chi connectivity index (χ1) is 21.6. The monoisotopic (exact) mass is 583 g/mol. The number of hydrogen-bond donors (Lipinski definition) is 0. The van der Waals surface area contributed by atoms with Crippen molar-refractivity contribution >= 4 is 0 Å². The maximum Gasteiger partial charge on any atom is 0.164 e. The molecule has 220 valence electrons. The van der Waals surface area contributed by atoms with Crippen molar-refractivity contribution in [3.63, 3.8) is 0 Å². The Bertz CT molecular complexity index is 2140. The van der Waals surface area contributed by atoms with Gasteiger partial charge in [-0.3, -0.25) is 0 Å². The van der Waals surface area contributed by atoms with Crippen LogP contribution in [0.25, 0.3) is 56.4 Å². The van der Waals surface area contributed by atoms with Crippen LogP contribution in [0, 0.1) is 0 Å². The zero-order chi connectivity index (χ0) is 31.1. The first-order valence-corrected chi connectivity index (χ1v) is 15.9. The summed E-state index contributed by atoms with van der Waals surface area (Å²) in [6.07, 6.45) is 0. The van der Waals surface area contributed by atoms with E-state index in [1.54, 1.807) is 0 Å². The fourth-order valence-electron chi connectivity index (χ4n) is 7.82. The Morgan fingerprint density at radius 3 is 1.64 bits per heavy atom. The molecule has 0 saturated heterocycles. The maximum absolute atomic E-state index is 5.35. The molecule has 0 unspecified atom stereocenters. The van der Waals surface area contributed by atoms with E-state index in [9.17, 15) is 0 Å². The van der Waals surface area contributed by atoms with Crippen molar-refractivity contribution in [2.75, 3.05) is 0 Å². The van der Waals surface area contributed by atoms with Gasteiger partial charge in [-0.25, -0.2) is 15.0 Å². The molecule has 0 fully saturated rings. The second kappa shape index (κ2) is 9.55. The molecule has 45 heavy (non-hydrogen) atoms. The second-order valence-corrected chi connectivity index (χ2v) is 14.1. The van der Waals surface area contributed by atoms with Crippen LogP contribution in [-0.2, 0) is 16.2 Å². The van der Waals surface area contributed by atoms with Gasteiger partial charge in [0.1, 0.15) is 0 Å². The molecule has 8 rings (SSSR count). The molecule has 0 amide bonds. The van der Waals surface area contributed by atoms with Gasteiger partial charge in [0, 0.05) is 27.5 Å². The molecule has 0 atom stereocenters. The van der Waals surface area contributed by atoms with Gasteiger partial charge in [0.05, 0.1) is 0 Å². The van der Waals surface area contributed by atoms with Gasteiger partial charge in [-0.05, 0) is 49.9 Å². The normalized spacial score (nSPS) is 16.3. The summed E-state index contributed by atoms with van der Waals surface area (Å²) in [7, 11) is 0. The molecule has 6 aromatic rings. The minimum absolute atomic E-state index is 0.110. The number of benzene rings is 5. The van der Waals surface area contributed by atoms with Gasteiger partial charge in [-0.15, -0.1) is 0 Å². The standard InChI is InChI=1S/C42H37N3/c1-40(2)32-23-12-11-19-29(32)35-30(21-15-25-34(35)40)38-43-37(26-16-8-7-9-17-26)44-39(45-38)31-22-14-20-28-27-18-10-13-24-33(27)41(3,4)42(5,6)36(28)31/h7-25H,1-6H3. The van der Waals surface area contributed by atoms with Gasteiger partial charge in [0.25, 0.3) is 0 Å². The fraction of sp³-hybridized carbons (Fsp3) is 0.214. The van der Waals surface area contributed by atoms with Gasteiger partial charge < -0.3 is 0 Å². The Morgan fingerprint density at radius 2 is 0.889 bits per heavy atom. The topological polar surface area (TPSA) is 38.7 Å². The van der Waals surface area contributed by atoms with Crippen LogP contribution in [-0.4, -0.2) is 15.0 Å². The Morgan fingerprint density at radius 1 is 0.378 bits per heavy atom. The largest absolute Gasteiger partial charge is 0.208 e. The lowest BCUT2D eigenvalue weighted by Gasteiger charge is -2.49. The van der Waals surface area contributed by atoms with Gasteiger partial charge >= 0.3 is 0 Å². The number of rotatable bonds is 3. The number of fused-ring (bicyclic) bond motifs is 6. The van der Waals surface area contributed by atoms with Crippen LogP contribution in [0.5, 0.6) is 0 Å². The zero-order valence-corrected chi connectivity index (χ0v) is 26.8. The van der Waals surface area contributed by atoms with Crippen molar-refractivity contribution in [3.05, 3.63) is 138 Å². The highest BCUT2D eigenvalue weighted by Crippen LogP contribution is 2.56. The van der Waals surface area contributed by atoms with E-state index in [0.29, 0.717) is 17.5 Å². The van der Waals surface area contributed by atoms with Crippen LogP contribution in [0.1, 0.15) is 63.8 Å². The Labute approximate surface area is 266 Å².